The Morgan fingerprint density at radius 3 is 2.33 bits per heavy atom. The van der Waals surface area contributed by atoms with Crippen molar-refractivity contribution >= 4 is 18.3 Å². The summed E-state index contributed by atoms with van der Waals surface area (Å²) in [6.07, 6.45) is 0. The predicted molar refractivity (Wildman–Crippen MR) is 84.1 cm³/mol. The van der Waals surface area contributed by atoms with E-state index in [0.29, 0.717) is 12.1 Å². The average molecular weight is 287 g/mol. The van der Waals surface area contributed by atoms with Crippen molar-refractivity contribution in [2.45, 2.75) is 20.4 Å². The van der Waals surface area contributed by atoms with Crippen LogP contribution in [0, 0.1) is 12.7 Å². The smallest absolute Gasteiger partial charge is 0.423 e. The summed E-state index contributed by atoms with van der Waals surface area (Å²) in [6.45, 7) is 5.34. The number of nitrogens with zero attached hydrogens (tertiary/aromatic N) is 1. The molecule has 0 spiro atoms. The van der Waals surface area contributed by atoms with Crippen LogP contribution in [0.4, 0.5) is 10.1 Å². The Kier molecular flexibility index (Phi) is 4.99. The molecule has 0 aliphatic rings. The number of hydrogen-bond acceptors (Lipinski definition) is 3. The van der Waals surface area contributed by atoms with Gasteiger partial charge in [0.2, 0.25) is 0 Å². The van der Waals surface area contributed by atoms with Crippen LogP contribution in [0.1, 0.15) is 18.1 Å². The van der Waals surface area contributed by atoms with Gasteiger partial charge >= 0.3 is 7.12 Å². The molecule has 0 saturated heterocycles. The van der Waals surface area contributed by atoms with Crippen LogP contribution >= 0.6 is 0 Å². The van der Waals surface area contributed by atoms with Crippen LogP contribution in [-0.2, 0) is 6.54 Å². The average Bonchev–Trinajstić information content (AvgIpc) is 2.45. The molecular weight excluding hydrogens is 268 g/mol. The van der Waals surface area contributed by atoms with Crippen molar-refractivity contribution in [2.75, 3.05) is 11.4 Å². The van der Waals surface area contributed by atoms with Gasteiger partial charge in [-0.25, -0.2) is 4.39 Å². The summed E-state index contributed by atoms with van der Waals surface area (Å²) >= 11 is 0. The molecule has 5 heteroatoms. The molecule has 0 fully saturated rings. The van der Waals surface area contributed by atoms with Gasteiger partial charge in [-0.05, 0) is 49.1 Å². The highest BCUT2D eigenvalue weighted by molar-refractivity contribution is 6.58. The first-order chi connectivity index (χ1) is 9.99. The molecule has 0 bridgehead atoms. The van der Waals surface area contributed by atoms with Crippen LogP contribution in [-0.4, -0.2) is 23.7 Å². The monoisotopic (exact) mass is 287 g/mol. The lowest BCUT2D eigenvalue weighted by atomic mass is 9.79. The number of aryl methyl sites for hydroxylation is 1. The van der Waals surface area contributed by atoms with Gasteiger partial charge in [-0.1, -0.05) is 23.8 Å². The molecule has 0 radical (unpaired) electrons. The molecule has 2 N–H and O–H groups in total. The lowest BCUT2D eigenvalue weighted by Crippen LogP contribution is -2.31. The Hall–Kier alpha value is -1.85. The zero-order chi connectivity index (χ0) is 15.4. The molecule has 21 heavy (non-hydrogen) atoms. The molecule has 2 rings (SSSR count). The van der Waals surface area contributed by atoms with Crippen molar-refractivity contribution in [3.8, 4) is 0 Å². The van der Waals surface area contributed by atoms with Gasteiger partial charge in [0.25, 0.3) is 0 Å². The van der Waals surface area contributed by atoms with Gasteiger partial charge in [0, 0.05) is 18.8 Å². The Bertz CT molecular complexity index is 602. The molecule has 2 aromatic carbocycles. The summed E-state index contributed by atoms with van der Waals surface area (Å²) in [5.41, 5.74) is 3.12. The highest BCUT2D eigenvalue weighted by Crippen LogP contribution is 2.18. The fourth-order valence-corrected chi connectivity index (χ4v) is 2.28. The molecular formula is C16H19BFNO2. The lowest BCUT2D eigenvalue weighted by molar-refractivity contribution is 0.425. The topological polar surface area (TPSA) is 43.7 Å². The van der Waals surface area contributed by atoms with E-state index in [9.17, 15) is 14.4 Å². The Morgan fingerprint density at radius 2 is 1.76 bits per heavy atom. The molecule has 0 aromatic heterocycles. The molecule has 110 valence electrons. The maximum Gasteiger partial charge on any atom is 0.488 e. The van der Waals surface area contributed by atoms with Crippen LogP contribution in [0.25, 0.3) is 0 Å². The molecule has 0 saturated carbocycles. The third-order valence-corrected chi connectivity index (χ3v) is 3.43. The molecule has 0 atom stereocenters. The molecule has 2 aromatic rings. The predicted octanol–water partition coefficient (Wildman–Crippen LogP) is 1.84. The molecule has 0 aliphatic carbocycles. The minimum absolute atomic E-state index is 0.171. The maximum atomic E-state index is 13.6. The van der Waals surface area contributed by atoms with E-state index in [4.69, 9.17) is 0 Å². The number of hydrogen-bond donors (Lipinski definition) is 2. The standard InChI is InChI=1S/C16H19BFNO2/c1-3-19(16-6-4-12(2)5-7-16)11-13-8-14(17(20)21)10-15(18)9-13/h4-10,20-21H,3,11H2,1-2H3. The minimum atomic E-state index is -1.66. The highest BCUT2D eigenvalue weighted by Gasteiger charge is 2.14. The van der Waals surface area contributed by atoms with Gasteiger partial charge in [0.1, 0.15) is 5.82 Å². The number of anilines is 1. The number of halogens is 1. The van der Waals surface area contributed by atoms with Crippen molar-refractivity contribution in [2.24, 2.45) is 0 Å². The molecule has 0 aliphatic heterocycles. The van der Waals surface area contributed by atoms with Crippen molar-refractivity contribution in [1.82, 2.24) is 0 Å². The van der Waals surface area contributed by atoms with Crippen molar-refractivity contribution in [1.29, 1.82) is 0 Å². The molecule has 0 amide bonds. The summed E-state index contributed by atoms with van der Waals surface area (Å²) in [6, 6.07) is 12.3. The third-order valence-electron chi connectivity index (χ3n) is 3.43. The zero-order valence-electron chi connectivity index (χ0n) is 12.3. The van der Waals surface area contributed by atoms with E-state index in [1.165, 1.54) is 11.6 Å². The van der Waals surface area contributed by atoms with Gasteiger partial charge in [-0.3, -0.25) is 0 Å². The van der Waals surface area contributed by atoms with Crippen molar-refractivity contribution in [3.05, 3.63) is 59.4 Å². The van der Waals surface area contributed by atoms with Crippen molar-refractivity contribution in [3.63, 3.8) is 0 Å². The first-order valence-corrected chi connectivity index (χ1v) is 6.96. The number of rotatable bonds is 5. The molecule has 0 heterocycles. The Labute approximate surface area is 124 Å². The number of benzene rings is 2. The second-order valence-corrected chi connectivity index (χ2v) is 5.12. The van der Waals surface area contributed by atoms with E-state index in [0.717, 1.165) is 18.3 Å². The highest BCUT2D eigenvalue weighted by atomic mass is 19.1. The van der Waals surface area contributed by atoms with E-state index < -0.39 is 12.9 Å². The fourth-order valence-electron chi connectivity index (χ4n) is 2.28. The van der Waals surface area contributed by atoms with E-state index in [-0.39, 0.29) is 5.46 Å². The normalized spacial score (nSPS) is 10.5. The van der Waals surface area contributed by atoms with Crippen LogP contribution in [0.5, 0.6) is 0 Å². The largest absolute Gasteiger partial charge is 0.488 e. The van der Waals surface area contributed by atoms with Crippen LogP contribution in [0.3, 0.4) is 0 Å². The summed E-state index contributed by atoms with van der Waals surface area (Å²) in [5, 5.41) is 18.4. The fraction of sp³-hybridized carbons (Fsp3) is 0.250. The quantitative estimate of drug-likeness (QED) is 0.825. The first kappa shape index (κ1) is 15.5. The van der Waals surface area contributed by atoms with Crippen molar-refractivity contribution < 1.29 is 14.4 Å². The summed E-state index contributed by atoms with van der Waals surface area (Å²) in [5.74, 6) is -0.462. The van der Waals surface area contributed by atoms with E-state index in [2.05, 4.69) is 4.90 Å². The van der Waals surface area contributed by atoms with Gasteiger partial charge in [0.15, 0.2) is 0 Å². The second kappa shape index (κ2) is 6.74. The van der Waals surface area contributed by atoms with E-state index in [1.54, 1.807) is 6.07 Å². The van der Waals surface area contributed by atoms with Gasteiger partial charge < -0.3 is 14.9 Å². The zero-order valence-corrected chi connectivity index (χ0v) is 12.3. The maximum absolute atomic E-state index is 13.6. The Balaban J connectivity index is 2.24. The lowest BCUT2D eigenvalue weighted by Gasteiger charge is -2.23. The minimum Gasteiger partial charge on any atom is -0.423 e. The Morgan fingerprint density at radius 1 is 1.10 bits per heavy atom. The SMILES string of the molecule is CCN(Cc1cc(F)cc(B(O)O)c1)c1ccc(C)cc1. The molecule has 0 unspecified atom stereocenters. The second-order valence-electron chi connectivity index (χ2n) is 5.12. The molecule has 3 nitrogen and oxygen atoms in total. The van der Waals surface area contributed by atoms with Gasteiger partial charge in [0.05, 0.1) is 0 Å². The summed E-state index contributed by atoms with van der Waals surface area (Å²) in [4.78, 5) is 2.10. The van der Waals surface area contributed by atoms with Gasteiger partial charge in [-0.2, -0.15) is 0 Å². The van der Waals surface area contributed by atoms with Crippen LogP contribution in [0.2, 0.25) is 0 Å². The van der Waals surface area contributed by atoms with E-state index >= 15 is 0 Å². The summed E-state index contributed by atoms with van der Waals surface area (Å²) < 4.78 is 13.6. The van der Waals surface area contributed by atoms with Crippen LogP contribution in [0.15, 0.2) is 42.5 Å². The summed E-state index contributed by atoms with van der Waals surface area (Å²) in [7, 11) is -1.66. The van der Waals surface area contributed by atoms with Crippen LogP contribution < -0.4 is 10.4 Å². The third kappa shape index (κ3) is 4.06. The first-order valence-electron chi connectivity index (χ1n) is 6.96. The van der Waals surface area contributed by atoms with E-state index in [1.807, 2.05) is 38.1 Å². The van der Waals surface area contributed by atoms with Gasteiger partial charge in [-0.15, -0.1) is 0 Å².